The lowest BCUT2D eigenvalue weighted by Crippen LogP contribution is -2.43. The summed E-state index contributed by atoms with van der Waals surface area (Å²) in [6, 6.07) is 2.00. The lowest BCUT2D eigenvalue weighted by Gasteiger charge is -2.35. The van der Waals surface area contributed by atoms with E-state index in [1.54, 1.807) is 25.8 Å². The fourth-order valence-corrected chi connectivity index (χ4v) is 1.84. The Morgan fingerprint density at radius 1 is 1.60 bits per heavy atom. The number of amides is 1. The molecule has 0 unspecified atom stereocenters. The Balaban J connectivity index is 2.44. The standard InChI is InChI=1S/C11H18N2O2/c1-11(2,7-12)10(15)13(3)6-8-4-9(14)5-8/h8-9,14H,4-6H2,1-3H3. The molecule has 4 nitrogen and oxygen atoms in total. The van der Waals surface area contributed by atoms with Crippen molar-refractivity contribution in [2.75, 3.05) is 13.6 Å². The Morgan fingerprint density at radius 2 is 2.13 bits per heavy atom. The van der Waals surface area contributed by atoms with Crippen LogP contribution in [0.25, 0.3) is 0 Å². The summed E-state index contributed by atoms with van der Waals surface area (Å²) in [6.45, 7) is 3.89. The fourth-order valence-electron chi connectivity index (χ4n) is 1.84. The summed E-state index contributed by atoms with van der Waals surface area (Å²) in [7, 11) is 1.71. The molecule has 1 aliphatic rings. The van der Waals surface area contributed by atoms with Crippen LogP contribution in [-0.4, -0.2) is 35.6 Å². The molecule has 1 fully saturated rings. The van der Waals surface area contributed by atoms with Crippen molar-refractivity contribution in [2.24, 2.45) is 11.3 Å². The van der Waals surface area contributed by atoms with E-state index in [4.69, 9.17) is 10.4 Å². The Kier molecular flexibility index (Phi) is 3.35. The first-order valence-electron chi connectivity index (χ1n) is 5.21. The average Bonchev–Trinajstić information content (AvgIpc) is 2.14. The van der Waals surface area contributed by atoms with Crippen LogP contribution in [0.2, 0.25) is 0 Å². The first kappa shape index (κ1) is 12.0. The molecular formula is C11H18N2O2. The zero-order valence-electron chi connectivity index (χ0n) is 9.53. The number of rotatable bonds is 3. The maximum atomic E-state index is 11.8. The van der Waals surface area contributed by atoms with Gasteiger partial charge in [-0.3, -0.25) is 4.79 Å². The molecule has 0 spiro atoms. The number of hydrogen-bond acceptors (Lipinski definition) is 3. The van der Waals surface area contributed by atoms with E-state index >= 15 is 0 Å². The van der Waals surface area contributed by atoms with E-state index < -0.39 is 5.41 Å². The molecule has 0 bridgehead atoms. The van der Waals surface area contributed by atoms with Gasteiger partial charge in [-0.25, -0.2) is 0 Å². The van der Waals surface area contributed by atoms with Crippen LogP contribution < -0.4 is 0 Å². The second-order valence-corrected chi connectivity index (χ2v) is 4.91. The molecule has 1 saturated carbocycles. The van der Waals surface area contributed by atoms with Crippen molar-refractivity contribution in [1.29, 1.82) is 5.26 Å². The quantitative estimate of drug-likeness (QED) is 0.748. The summed E-state index contributed by atoms with van der Waals surface area (Å²) in [6.07, 6.45) is 1.34. The SMILES string of the molecule is CN(CC1CC(O)C1)C(=O)C(C)(C)C#N. The fraction of sp³-hybridized carbons (Fsp3) is 0.818. The van der Waals surface area contributed by atoms with Crippen molar-refractivity contribution in [2.45, 2.75) is 32.8 Å². The van der Waals surface area contributed by atoms with Gasteiger partial charge in [-0.1, -0.05) is 0 Å². The molecule has 84 valence electrons. The molecule has 0 aromatic heterocycles. The van der Waals surface area contributed by atoms with Gasteiger partial charge >= 0.3 is 0 Å². The summed E-state index contributed by atoms with van der Waals surface area (Å²) in [5.74, 6) is 0.245. The molecule has 15 heavy (non-hydrogen) atoms. The Labute approximate surface area is 90.5 Å². The highest BCUT2D eigenvalue weighted by Gasteiger charge is 2.34. The van der Waals surface area contributed by atoms with E-state index in [1.165, 1.54) is 0 Å². The van der Waals surface area contributed by atoms with Crippen LogP contribution in [0, 0.1) is 22.7 Å². The molecule has 0 radical (unpaired) electrons. The minimum Gasteiger partial charge on any atom is -0.393 e. The van der Waals surface area contributed by atoms with E-state index in [0.29, 0.717) is 12.5 Å². The molecule has 1 aliphatic carbocycles. The minimum atomic E-state index is -0.947. The monoisotopic (exact) mass is 210 g/mol. The average molecular weight is 210 g/mol. The smallest absolute Gasteiger partial charge is 0.242 e. The molecular weight excluding hydrogens is 192 g/mol. The topological polar surface area (TPSA) is 64.3 Å². The largest absolute Gasteiger partial charge is 0.393 e. The van der Waals surface area contributed by atoms with Crippen molar-refractivity contribution < 1.29 is 9.90 Å². The lowest BCUT2D eigenvalue weighted by atomic mass is 9.82. The lowest BCUT2D eigenvalue weighted by molar-refractivity contribution is -0.137. The number of carbonyl (C=O) groups excluding carboxylic acids is 1. The van der Waals surface area contributed by atoms with Crippen LogP contribution >= 0.6 is 0 Å². The van der Waals surface area contributed by atoms with Crippen LogP contribution in [0.4, 0.5) is 0 Å². The van der Waals surface area contributed by atoms with Gasteiger partial charge in [0.1, 0.15) is 5.41 Å². The summed E-state index contributed by atoms with van der Waals surface area (Å²) in [5, 5.41) is 17.9. The summed E-state index contributed by atoms with van der Waals surface area (Å²) in [5.41, 5.74) is -0.947. The molecule has 0 aliphatic heterocycles. The summed E-state index contributed by atoms with van der Waals surface area (Å²) >= 11 is 0. The van der Waals surface area contributed by atoms with Gasteiger partial charge in [0.2, 0.25) is 5.91 Å². The second kappa shape index (κ2) is 4.19. The molecule has 0 aromatic carbocycles. The molecule has 0 atom stereocenters. The Bertz CT molecular complexity index is 287. The number of nitriles is 1. The molecule has 0 saturated heterocycles. The van der Waals surface area contributed by atoms with Gasteiger partial charge in [0.15, 0.2) is 0 Å². The first-order chi connectivity index (χ1) is 6.86. The predicted octanol–water partition coefficient (Wildman–Crippen LogP) is 0.765. The van der Waals surface area contributed by atoms with Crippen LogP contribution in [-0.2, 0) is 4.79 Å². The predicted molar refractivity (Wildman–Crippen MR) is 55.8 cm³/mol. The summed E-state index contributed by atoms with van der Waals surface area (Å²) < 4.78 is 0. The molecule has 4 heteroatoms. The molecule has 1 rings (SSSR count). The van der Waals surface area contributed by atoms with Gasteiger partial charge in [-0.05, 0) is 32.6 Å². The number of carbonyl (C=O) groups is 1. The van der Waals surface area contributed by atoms with Gasteiger partial charge in [0.25, 0.3) is 0 Å². The maximum Gasteiger partial charge on any atom is 0.242 e. The van der Waals surface area contributed by atoms with Gasteiger partial charge in [0, 0.05) is 13.6 Å². The highest BCUT2D eigenvalue weighted by Crippen LogP contribution is 2.28. The maximum absolute atomic E-state index is 11.8. The first-order valence-corrected chi connectivity index (χ1v) is 5.21. The molecule has 1 amide bonds. The van der Waals surface area contributed by atoms with Gasteiger partial charge in [0.05, 0.1) is 12.2 Å². The van der Waals surface area contributed by atoms with Crippen LogP contribution in [0.5, 0.6) is 0 Å². The highest BCUT2D eigenvalue weighted by atomic mass is 16.3. The van der Waals surface area contributed by atoms with Crippen molar-refractivity contribution in [3.63, 3.8) is 0 Å². The van der Waals surface area contributed by atoms with E-state index in [2.05, 4.69) is 0 Å². The normalized spacial score (nSPS) is 25.3. The van der Waals surface area contributed by atoms with E-state index in [9.17, 15) is 4.79 Å². The van der Waals surface area contributed by atoms with Gasteiger partial charge in [-0.2, -0.15) is 5.26 Å². The third kappa shape index (κ3) is 2.69. The van der Waals surface area contributed by atoms with Crippen LogP contribution in [0.15, 0.2) is 0 Å². The third-order valence-electron chi connectivity index (χ3n) is 2.90. The van der Waals surface area contributed by atoms with Crippen LogP contribution in [0.1, 0.15) is 26.7 Å². The molecule has 0 aromatic rings. The Hall–Kier alpha value is -1.08. The zero-order chi connectivity index (χ0) is 11.6. The molecule has 0 heterocycles. The second-order valence-electron chi connectivity index (χ2n) is 4.91. The van der Waals surface area contributed by atoms with E-state index in [1.807, 2.05) is 6.07 Å². The summed E-state index contributed by atoms with van der Waals surface area (Å²) in [4.78, 5) is 13.4. The number of aliphatic hydroxyl groups excluding tert-OH is 1. The number of nitrogens with zero attached hydrogens (tertiary/aromatic N) is 2. The van der Waals surface area contributed by atoms with Crippen molar-refractivity contribution >= 4 is 5.91 Å². The van der Waals surface area contributed by atoms with Gasteiger partial charge < -0.3 is 10.0 Å². The zero-order valence-corrected chi connectivity index (χ0v) is 9.53. The van der Waals surface area contributed by atoms with Crippen molar-refractivity contribution in [1.82, 2.24) is 4.90 Å². The number of hydrogen-bond donors (Lipinski definition) is 1. The van der Waals surface area contributed by atoms with Crippen molar-refractivity contribution in [3.05, 3.63) is 0 Å². The van der Waals surface area contributed by atoms with Crippen LogP contribution in [0.3, 0.4) is 0 Å². The Morgan fingerprint density at radius 3 is 2.53 bits per heavy atom. The molecule has 1 N–H and O–H groups in total. The highest BCUT2D eigenvalue weighted by molar-refractivity contribution is 5.84. The van der Waals surface area contributed by atoms with Gasteiger partial charge in [-0.15, -0.1) is 0 Å². The van der Waals surface area contributed by atoms with Crippen molar-refractivity contribution in [3.8, 4) is 6.07 Å². The number of aliphatic hydroxyl groups is 1. The third-order valence-corrected chi connectivity index (χ3v) is 2.90. The van der Waals surface area contributed by atoms with E-state index in [-0.39, 0.29) is 12.0 Å². The minimum absolute atomic E-state index is 0.147. The van der Waals surface area contributed by atoms with E-state index in [0.717, 1.165) is 12.8 Å².